The molecule has 0 radical (unpaired) electrons. The molecule has 1 aliphatic carbocycles. The highest BCUT2D eigenvalue weighted by atomic mass is 15.2. The summed E-state index contributed by atoms with van der Waals surface area (Å²) in [6, 6.07) is 1.47. The molecule has 4 atom stereocenters. The van der Waals surface area contributed by atoms with Crippen LogP contribution in [0.4, 0.5) is 0 Å². The second-order valence-electron chi connectivity index (χ2n) is 6.98. The molecule has 1 saturated heterocycles. The second kappa shape index (κ2) is 6.38. The predicted molar refractivity (Wildman–Crippen MR) is 78.5 cm³/mol. The summed E-state index contributed by atoms with van der Waals surface area (Å²) in [6.07, 6.45) is 8.45. The summed E-state index contributed by atoms with van der Waals surface area (Å²) >= 11 is 0. The minimum Gasteiger partial charge on any atom is -0.329 e. The van der Waals surface area contributed by atoms with Crippen molar-refractivity contribution in [1.82, 2.24) is 4.90 Å². The first-order chi connectivity index (χ1) is 8.63. The van der Waals surface area contributed by atoms with Crippen molar-refractivity contribution >= 4 is 0 Å². The lowest BCUT2D eigenvalue weighted by Crippen LogP contribution is -2.54. The van der Waals surface area contributed by atoms with Crippen LogP contribution in [0.5, 0.6) is 0 Å². The third-order valence-electron chi connectivity index (χ3n) is 5.50. The lowest BCUT2D eigenvalue weighted by Gasteiger charge is -2.47. The molecular weight excluding hydrogens is 220 g/mol. The van der Waals surface area contributed by atoms with E-state index in [1.54, 1.807) is 0 Å². The zero-order valence-electron chi connectivity index (χ0n) is 12.6. The monoisotopic (exact) mass is 252 g/mol. The molecule has 4 unspecified atom stereocenters. The van der Waals surface area contributed by atoms with Gasteiger partial charge in [0.05, 0.1) is 0 Å². The van der Waals surface area contributed by atoms with Crippen LogP contribution in [-0.4, -0.2) is 30.1 Å². The van der Waals surface area contributed by atoms with Gasteiger partial charge < -0.3 is 5.73 Å². The van der Waals surface area contributed by atoms with Crippen LogP contribution in [0.15, 0.2) is 0 Å². The van der Waals surface area contributed by atoms with Crippen LogP contribution in [0.3, 0.4) is 0 Å². The first-order valence-electron chi connectivity index (χ1n) is 8.09. The van der Waals surface area contributed by atoms with Gasteiger partial charge in [-0.25, -0.2) is 0 Å². The smallest absolute Gasteiger partial charge is 0.0246 e. The zero-order valence-corrected chi connectivity index (χ0v) is 12.6. The molecule has 0 amide bonds. The van der Waals surface area contributed by atoms with E-state index < -0.39 is 0 Å². The van der Waals surface area contributed by atoms with Crippen LogP contribution in [0, 0.1) is 17.8 Å². The highest BCUT2D eigenvalue weighted by Crippen LogP contribution is 2.35. The van der Waals surface area contributed by atoms with E-state index in [2.05, 4.69) is 25.7 Å². The fourth-order valence-electron chi connectivity index (χ4n) is 4.21. The summed E-state index contributed by atoms with van der Waals surface area (Å²) in [4.78, 5) is 2.78. The number of hydrogen-bond acceptors (Lipinski definition) is 2. The third-order valence-corrected chi connectivity index (χ3v) is 5.50. The summed E-state index contributed by atoms with van der Waals surface area (Å²) in [6.45, 7) is 9.33. The van der Waals surface area contributed by atoms with Crippen molar-refractivity contribution in [3.8, 4) is 0 Å². The molecule has 0 aromatic carbocycles. The van der Waals surface area contributed by atoms with Crippen LogP contribution in [0.25, 0.3) is 0 Å². The van der Waals surface area contributed by atoms with Crippen molar-refractivity contribution in [3.63, 3.8) is 0 Å². The van der Waals surface area contributed by atoms with Gasteiger partial charge in [0.15, 0.2) is 0 Å². The molecule has 0 aromatic heterocycles. The largest absolute Gasteiger partial charge is 0.329 e. The summed E-state index contributed by atoms with van der Waals surface area (Å²) in [5.41, 5.74) is 6.04. The van der Waals surface area contributed by atoms with E-state index in [-0.39, 0.29) is 0 Å². The quantitative estimate of drug-likeness (QED) is 0.835. The molecule has 2 nitrogen and oxygen atoms in total. The Morgan fingerprint density at radius 1 is 1.17 bits per heavy atom. The van der Waals surface area contributed by atoms with Crippen molar-refractivity contribution in [2.75, 3.05) is 13.1 Å². The van der Waals surface area contributed by atoms with E-state index >= 15 is 0 Å². The topological polar surface area (TPSA) is 29.3 Å². The van der Waals surface area contributed by atoms with Crippen molar-refractivity contribution in [2.24, 2.45) is 23.5 Å². The average molecular weight is 252 g/mol. The molecule has 0 aromatic rings. The number of likely N-dealkylation sites (tertiary alicyclic amines) is 1. The van der Waals surface area contributed by atoms with E-state index in [0.29, 0.717) is 6.04 Å². The molecular formula is C16H32N2. The summed E-state index contributed by atoms with van der Waals surface area (Å²) in [5.74, 6) is 2.59. The number of piperidine rings is 1. The van der Waals surface area contributed by atoms with Crippen LogP contribution in [-0.2, 0) is 0 Å². The Morgan fingerprint density at radius 2 is 1.94 bits per heavy atom. The molecule has 1 heterocycles. The number of rotatable bonds is 3. The zero-order chi connectivity index (χ0) is 13.1. The van der Waals surface area contributed by atoms with Crippen LogP contribution >= 0.6 is 0 Å². The molecule has 18 heavy (non-hydrogen) atoms. The first kappa shape index (κ1) is 14.3. The van der Waals surface area contributed by atoms with E-state index in [1.165, 1.54) is 45.1 Å². The maximum Gasteiger partial charge on any atom is 0.0246 e. The SMILES string of the molecule is CC(C)C1CCCC(N2CCCC(C)C2CN)C1. The van der Waals surface area contributed by atoms with Gasteiger partial charge in [0.2, 0.25) is 0 Å². The number of hydrogen-bond donors (Lipinski definition) is 1. The first-order valence-corrected chi connectivity index (χ1v) is 8.09. The molecule has 0 bridgehead atoms. The van der Waals surface area contributed by atoms with Gasteiger partial charge in [0.25, 0.3) is 0 Å². The lowest BCUT2D eigenvalue weighted by molar-refractivity contribution is 0.0283. The molecule has 0 spiro atoms. The number of nitrogens with zero attached hydrogens (tertiary/aromatic N) is 1. The van der Waals surface area contributed by atoms with Gasteiger partial charge in [0.1, 0.15) is 0 Å². The van der Waals surface area contributed by atoms with Crippen molar-refractivity contribution in [1.29, 1.82) is 0 Å². The maximum absolute atomic E-state index is 6.04. The average Bonchev–Trinajstić information content (AvgIpc) is 2.38. The molecule has 1 aliphatic heterocycles. The molecule has 2 rings (SSSR count). The molecule has 2 heteroatoms. The Morgan fingerprint density at radius 3 is 2.61 bits per heavy atom. The normalized spacial score (nSPS) is 39.2. The molecule has 106 valence electrons. The Balaban J connectivity index is 2.00. The van der Waals surface area contributed by atoms with Crippen LogP contribution in [0.2, 0.25) is 0 Å². The summed E-state index contributed by atoms with van der Waals surface area (Å²) in [7, 11) is 0. The minimum atomic E-state index is 0.648. The van der Waals surface area contributed by atoms with Gasteiger partial charge in [-0.1, -0.05) is 33.6 Å². The van der Waals surface area contributed by atoms with E-state index in [4.69, 9.17) is 5.73 Å². The van der Waals surface area contributed by atoms with Crippen molar-refractivity contribution < 1.29 is 0 Å². The second-order valence-corrected chi connectivity index (χ2v) is 6.98. The van der Waals surface area contributed by atoms with Gasteiger partial charge in [-0.3, -0.25) is 4.90 Å². The van der Waals surface area contributed by atoms with E-state index in [0.717, 1.165) is 30.3 Å². The Hall–Kier alpha value is -0.0800. The molecule has 2 aliphatic rings. The summed E-state index contributed by atoms with van der Waals surface area (Å²) < 4.78 is 0. The standard InChI is InChI=1S/C16H32N2/c1-12(2)14-7-4-8-15(10-14)18-9-5-6-13(3)16(18)11-17/h12-16H,4-11,17H2,1-3H3. The number of nitrogens with two attached hydrogens (primary N) is 1. The molecule has 2 fully saturated rings. The summed E-state index contributed by atoms with van der Waals surface area (Å²) in [5, 5.41) is 0. The Kier molecular flexibility index (Phi) is 5.08. The highest BCUT2D eigenvalue weighted by molar-refractivity contribution is 4.90. The van der Waals surface area contributed by atoms with Gasteiger partial charge in [-0.05, 0) is 50.0 Å². The van der Waals surface area contributed by atoms with Crippen molar-refractivity contribution in [3.05, 3.63) is 0 Å². The fourth-order valence-corrected chi connectivity index (χ4v) is 4.21. The van der Waals surface area contributed by atoms with Gasteiger partial charge in [0, 0.05) is 18.6 Å². The third kappa shape index (κ3) is 3.08. The minimum absolute atomic E-state index is 0.648. The van der Waals surface area contributed by atoms with Gasteiger partial charge in [-0.15, -0.1) is 0 Å². The Bertz CT molecular complexity index is 251. The highest BCUT2D eigenvalue weighted by Gasteiger charge is 2.35. The fraction of sp³-hybridized carbons (Fsp3) is 1.00. The lowest BCUT2D eigenvalue weighted by atomic mass is 9.77. The van der Waals surface area contributed by atoms with Gasteiger partial charge in [-0.2, -0.15) is 0 Å². The van der Waals surface area contributed by atoms with Crippen LogP contribution in [0.1, 0.15) is 59.3 Å². The van der Waals surface area contributed by atoms with Gasteiger partial charge >= 0.3 is 0 Å². The Labute approximate surface area is 113 Å². The predicted octanol–water partition coefficient (Wildman–Crippen LogP) is 3.26. The van der Waals surface area contributed by atoms with E-state index in [9.17, 15) is 0 Å². The van der Waals surface area contributed by atoms with Crippen molar-refractivity contribution in [2.45, 2.75) is 71.4 Å². The van der Waals surface area contributed by atoms with E-state index in [1.807, 2.05) is 0 Å². The van der Waals surface area contributed by atoms with Crippen LogP contribution < -0.4 is 5.73 Å². The molecule has 2 N–H and O–H groups in total. The molecule has 1 saturated carbocycles. The maximum atomic E-state index is 6.04.